The number of carbonyl (C=O) groups is 2. The molecule has 0 saturated heterocycles. The lowest BCUT2D eigenvalue weighted by Gasteiger charge is -2.27. The first-order valence-electron chi connectivity index (χ1n) is 21.1. The van der Waals surface area contributed by atoms with Crippen LogP contribution in [0.25, 0.3) is 0 Å². The van der Waals surface area contributed by atoms with Crippen LogP contribution in [0, 0.1) is 48.3 Å². The highest BCUT2D eigenvalue weighted by Gasteiger charge is 2.27. The van der Waals surface area contributed by atoms with E-state index < -0.39 is 0 Å². The van der Waals surface area contributed by atoms with Gasteiger partial charge in [-0.15, -0.1) is 0 Å². The Kier molecular flexibility index (Phi) is 22.3. The Hall–Kier alpha value is -3.02. The maximum absolute atomic E-state index is 11.3. The molecule has 0 bridgehead atoms. The Morgan fingerprint density at radius 1 is 0.673 bits per heavy atom. The first-order valence-corrected chi connectivity index (χ1v) is 21.1. The minimum atomic E-state index is -0.231. The zero-order valence-corrected chi connectivity index (χ0v) is 37.0. The van der Waals surface area contributed by atoms with Crippen LogP contribution in [0.1, 0.15) is 157 Å². The molecule has 5 rings (SSSR count). The first-order chi connectivity index (χ1) is 25.5. The second-order valence-corrected chi connectivity index (χ2v) is 18.0. The molecule has 55 heavy (non-hydrogen) atoms. The molecule has 310 valence electrons. The maximum atomic E-state index is 11.3. The van der Waals surface area contributed by atoms with Crippen LogP contribution in [-0.4, -0.2) is 39.1 Å². The van der Waals surface area contributed by atoms with Gasteiger partial charge >= 0.3 is 0 Å². The van der Waals surface area contributed by atoms with Crippen LogP contribution in [0.2, 0.25) is 0 Å². The molecule has 0 radical (unpaired) electrons. The van der Waals surface area contributed by atoms with Crippen molar-refractivity contribution in [2.24, 2.45) is 41.4 Å². The zero-order valence-electron chi connectivity index (χ0n) is 37.0. The standard InChI is InChI=1S/C10H18O.3C10H16O.C10H14O/c5*1-7(2)9-5-4-8(3)10(11)6-9/h7-9H,4-6H2,1-3H3;8-9H,1,4-6H2,2-3H3;2*4,9-11H,1,5-6H2,2-3H3;4-7,11H,1-3H3. The number of allylic oxidation sites excluding steroid dienone is 5. The number of phenols is 1. The van der Waals surface area contributed by atoms with Gasteiger partial charge in [0.15, 0.2) is 0 Å². The van der Waals surface area contributed by atoms with Gasteiger partial charge in [0.05, 0.1) is 12.2 Å². The van der Waals surface area contributed by atoms with E-state index in [4.69, 9.17) is 0 Å². The molecule has 4 aliphatic rings. The molecule has 1 aromatic rings. The highest BCUT2D eigenvalue weighted by atomic mass is 16.3. The van der Waals surface area contributed by atoms with Crippen molar-refractivity contribution in [1.82, 2.24) is 0 Å². The molecule has 0 spiro atoms. The Morgan fingerprint density at radius 2 is 1.11 bits per heavy atom. The average molecular weight is 761 g/mol. The van der Waals surface area contributed by atoms with Crippen LogP contribution in [0.15, 0.2) is 78.0 Å². The number of aliphatic hydroxyl groups is 2. The minimum Gasteiger partial charge on any atom is -0.508 e. The number of hydrogen-bond acceptors (Lipinski definition) is 5. The molecule has 8 atom stereocenters. The van der Waals surface area contributed by atoms with E-state index in [-0.39, 0.29) is 12.2 Å². The van der Waals surface area contributed by atoms with Gasteiger partial charge in [-0.3, -0.25) is 9.59 Å². The first kappa shape index (κ1) is 50.0. The third-order valence-corrected chi connectivity index (χ3v) is 12.4. The highest BCUT2D eigenvalue weighted by molar-refractivity contribution is 5.82. The summed E-state index contributed by atoms with van der Waals surface area (Å²) in [5, 5.41) is 28.3. The number of rotatable bonds is 5. The summed E-state index contributed by atoms with van der Waals surface area (Å²) in [6.45, 7) is 36.4. The van der Waals surface area contributed by atoms with E-state index in [9.17, 15) is 24.9 Å². The SMILES string of the molecule is C=C(C)C1CC=C(C)C(O)C1.C=C(C)C1CC=C(C)C(O)C1.C=C(C)C1CCC(C)C(=O)C1.CC1CCC(C(C)C)CC1=O.Cc1ccc(C(C)C)cc1O. The Morgan fingerprint density at radius 3 is 1.45 bits per heavy atom. The quantitative estimate of drug-likeness (QED) is 0.260. The predicted octanol–water partition coefficient (Wildman–Crippen LogP) is 12.6. The fraction of sp³-hybridized carbons (Fsp3) is 0.640. The van der Waals surface area contributed by atoms with E-state index >= 15 is 0 Å². The van der Waals surface area contributed by atoms with E-state index in [1.54, 1.807) is 0 Å². The highest BCUT2D eigenvalue weighted by Crippen LogP contribution is 2.32. The fourth-order valence-electron chi connectivity index (χ4n) is 7.16. The molecule has 8 unspecified atom stereocenters. The number of benzene rings is 1. The van der Waals surface area contributed by atoms with Crippen molar-refractivity contribution in [2.45, 2.75) is 165 Å². The molecular weight excluding hydrogens is 681 g/mol. The number of hydrogen-bond donors (Lipinski definition) is 3. The van der Waals surface area contributed by atoms with Crippen molar-refractivity contribution < 1.29 is 24.9 Å². The smallest absolute Gasteiger partial charge is 0.136 e. The zero-order chi connectivity index (χ0) is 42.2. The van der Waals surface area contributed by atoms with Crippen molar-refractivity contribution >= 4 is 11.6 Å². The van der Waals surface area contributed by atoms with Crippen molar-refractivity contribution in [3.63, 3.8) is 0 Å². The van der Waals surface area contributed by atoms with Crippen LogP contribution in [0.5, 0.6) is 5.75 Å². The molecule has 5 heteroatoms. The van der Waals surface area contributed by atoms with Gasteiger partial charge in [-0.1, -0.05) is 102 Å². The van der Waals surface area contributed by atoms with Crippen LogP contribution in [-0.2, 0) is 9.59 Å². The second-order valence-electron chi connectivity index (χ2n) is 18.0. The number of aromatic hydroxyl groups is 1. The number of carbonyl (C=O) groups excluding carboxylic acids is 2. The topological polar surface area (TPSA) is 94.8 Å². The van der Waals surface area contributed by atoms with E-state index in [0.29, 0.717) is 64.7 Å². The van der Waals surface area contributed by atoms with Crippen LogP contribution in [0.4, 0.5) is 0 Å². The number of Topliss-reactive ketones (excluding diaryl/α,β-unsaturated/α-hetero) is 2. The van der Waals surface area contributed by atoms with Gasteiger partial charge in [0.1, 0.15) is 17.3 Å². The van der Waals surface area contributed by atoms with Crippen molar-refractivity contribution in [1.29, 1.82) is 0 Å². The maximum Gasteiger partial charge on any atom is 0.136 e. The third kappa shape index (κ3) is 18.2. The minimum absolute atomic E-state index is 0.231. The molecule has 1 aromatic carbocycles. The lowest BCUT2D eigenvalue weighted by atomic mass is 9.77. The summed E-state index contributed by atoms with van der Waals surface area (Å²) in [4.78, 5) is 22.6. The molecule has 0 aliphatic heterocycles. The largest absolute Gasteiger partial charge is 0.508 e. The summed E-state index contributed by atoms with van der Waals surface area (Å²) in [5.41, 5.74) is 7.90. The number of phenolic OH excluding ortho intramolecular Hbond substituents is 1. The monoisotopic (exact) mass is 761 g/mol. The molecule has 0 amide bonds. The van der Waals surface area contributed by atoms with Gasteiger partial charge < -0.3 is 15.3 Å². The molecular formula is C50H80O5. The normalized spacial score (nSPS) is 27.6. The summed E-state index contributed by atoms with van der Waals surface area (Å²) >= 11 is 0. The summed E-state index contributed by atoms with van der Waals surface area (Å²) in [7, 11) is 0. The summed E-state index contributed by atoms with van der Waals surface area (Å²) < 4.78 is 0. The van der Waals surface area contributed by atoms with Crippen molar-refractivity contribution in [2.75, 3.05) is 0 Å². The number of aryl methyl sites for hydroxylation is 1. The fourth-order valence-corrected chi connectivity index (χ4v) is 7.16. The van der Waals surface area contributed by atoms with Gasteiger partial charge in [0.2, 0.25) is 0 Å². The summed E-state index contributed by atoms with van der Waals surface area (Å²) in [5.74, 6) is 5.23. The third-order valence-electron chi connectivity index (χ3n) is 12.4. The molecule has 2 fully saturated rings. The molecule has 3 N–H and O–H groups in total. The van der Waals surface area contributed by atoms with E-state index in [0.717, 1.165) is 74.5 Å². The lowest BCUT2D eigenvalue weighted by Crippen LogP contribution is -2.25. The van der Waals surface area contributed by atoms with Crippen LogP contribution < -0.4 is 0 Å². The van der Waals surface area contributed by atoms with E-state index in [1.165, 1.54) is 28.7 Å². The summed E-state index contributed by atoms with van der Waals surface area (Å²) in [6, 6.07) is 5.84. The second kappa shape index (κ2) is 24.6. The molecule has 0 aromatic heterocycles. The molecule has 2 saturated carbocycles. The molecule has 0 heterocycles. The Bertz CT molecular complexity index is 1430. The van der Waals surface area contributed by atoms with Gasteiger partial charge in [-0.05, 0) is 157 Å². The Balaban J connectivity index is 0.000000344. The van der Waals surface area contributed by atoms with Crippen molar-refractivity contribution in [3.05, 3.63) is 89.1 Å². The lowest BCUT2D eigenvalue weighted by molar-refractivity contribution is -0.126. The summed E-state index contributed by atoms with van der Waals surface area (Å²) in [6.07, 6.45) is 13.7. The van der Waals surface area contributed by atoms with Gasteiger partial charge in [0.25, 0.3) is 0 Å². The molecule has 5 nitrogen and oxygen atoms in total. The van der Waals surface area contributed by atoms with E-state index in [1.807, 2.05) is 60.6 Å². The van der Waals surface area contributed by atoms with Crippen LogP contribution in [0.3, 0.4) is 0 Å². The van der Waals surface area contributed by atoms with E-state index in [2.05, 4.69) is 72.6 Å². The van der Waals surface area contributed by atoms with Crippen molar-refractivity contribution in [3.8, 4) is 5.75 Å². The number of aliphatic hydroxyl groups excluding tert-OH is 2. The van der Waals surface area contributed by atoms with Gasteiger partial charge in [-0.25, -0.2) is 0 Å². The number of ketones is 2. The average Bonchev–Trinajstić information content (AvgIpc) is 3.11. The van der Waals surface area contributed by atoms with Crippen LogP contribution >= 0.6 is 0 Å². The molecule has 4 aliphatic carbocycles. The Labute approximate surface area is 337 Å². The van der Waals surface area contributed by atoms with Gasteiger partial charge in [0, 0.05) is 24.7 Å². The van der Waals surface area contributed by atoms with Gasteiger partial charge in [-0.2, -0.15) is 0 Å². The predicted molar refractivity (Wildman–Crippen MR) is 234 cm³/mol.